The molecule has 1 aromatic carbocycles. The van der Waals surface area contributed by atoms with E-state index in [-0.39, 0.29) is 38.6 Å². The molecule has 46 heavy (non-hydrogen) atoms. The molecule has 9 nitrogen and oxygen atoms in total. The topological polar surface area (TPSA) is 112 Å². The molecule has 0 spiro atoms. The number of halogens is 2. The van der Waals surface area contributed by atoms with E-state index in [2.05, 4.69) is 38.3 Å². The molecule has 248 valence electrons. The van der Waals surface area contributed by atoms with Crippen molar-refractivity contribution >= 4 is 40.1 Å². The molecule has 12 heteroatoms. The zero-order valence-electron chi connectivity index (χ0n) is 27.6. The molecule has 0 radical (unpaired) electrons. The minimum Gasteiger partial charge on any atom is -0.372 e. The first-order chi connectivity index (χ1) is 21.6. The summed E-state index contributed by atoms with van der Waals surface area (Å²) in [4.78, 5) is 32.9. The van der Waals surface area contributed by atoms with Crippen molar-refractivity contribution in [2.24, 2.45) is 11.3 Å². The normalized spacial score (nSPS) is 16.7. The summed E-state index contributed by atoms with van der Waals surface area (Å²) in [6.07, 6.45) is -0.386. The average Bonchev–Trinajstić information content (AvgIpc) is 3.73. The molecule has 1 aliphatic heterocycles. The van der Waals surface area contributed by atoms with Gasteiger partial charge in [0.05, 0.1) is 26.4 Å². The first-order valence-corrected chi connectivity index (χ1v) is 16.4. The van der Waals surface area contributed by atoms with Crippen LogP contribution in [0.1, 0.15) is 81.4 Å². The Morgan fingerprint density at radius 1 is 1.22 bits per heavy atom. The van der Waals surface area contributed by atoms with E-state index in [4.69, 9.17) is 9.72 Å². The van der Waals surface area contributed by atoms with E-state index >= 15 is 0 Å². The summed E-state index contributed by atoms with van der Waals surface area (Å²) in [7, 11) is 0. The van der Waals surface area contributed by atoms with Gasteiger partial charge in [0.2, 0.25) is 5.95 Å². The Morgan fingerprint density at radius 2 is 1.96 bits per heavy atom. The molecule has 1 aliphatic rings. The summed E-state index contributed by atoms with van der Waals surface area (Å²) in [6.45, 7) is 16.6. The molecule has 2 amide bonds. The van der Waals surface area contributed by atoms with E-state index < -0.39 is 17.9 Å². The van der Waals surface area contributed by atoms with Gasteiger partial charge in [0, 0.05) is 38.8 Å². The number of thiophene rings is 1. The number of carbonyl (C=O) groups excluding carboxylic acids is 2. The lowest BCUT2D eigenvalue weighted by Gasteiger charge is -2.28. The highest BCUT2D eigenvalue weighted by Crippen LogP contribution is 2.30. The van der Waals surface area contributed by atoms with Gasteiger partial charge in [0.25, 0.3) is 18.2 Å². The van der Waals surface area contributed by atoms with Gasteiger partial charge in [-0.1, -0.05) is 26.8 Å². The van der Waals surface area contributed by atoms with E-state index in [0.717, 1.165) is 22.4 Å². The van der Waals surface area contributed by atoms with Gasteiger partial charge in [-0.25, -0.2) is 13.8 Å². The SMILES string of the molecule is CCOC(C)(C)/C=C(\C#N)C(=O)N1CC[C@@H](Cn2c(NC(=O)c3ccc(C(F)F)s3)nc3cc(CN[C@@H](C)C(C)(C)C)ccc32)C1. The predicted molar refractivity (Wildman–Crippen MR) is 177 cm³/mol. The number of hydrogen-bond donors (Lipinski definition) is 2. The second-order valence-electron chi connectivity index (χ2n) is 13.4. The predicted octanol–water partition coefficient (Wildman–Crippen LogP) is 6.93. The zero-order chi connectivity index (χ0) is 33.8. The number of nitrogens with zero attached hydrogens (tertiary/aromatic N) is 4. The van der Waals surface area contributed by atoms with Crippen LogP contribution in [0.25, 0.3) is 11.0 Å². The first kappa shape index (κ1) is 35.2. The van der Waals surface area contributed by atoms with Crippen LogP contribution in [-0.2, 0) is 22.6 Å². The van der Waals surface area contributed by atoms with Gasteiger partial charge in [-0.05, 0) is 81.4 Å². The van der Waals surface area contributed by atoms with Crippen molar-refractivity contribution in [3.8, 4) is 6.07 Å². The standard InChI is InChI=1S/C34H44F2N6O3S/c1-8-45-34(6,7)16-24(17-37)31(44)41-14-13-23(19-41)20-42-26-10-9-22(18-38-21(2)33(3,4)5)15-25(26)39-32(42)40-30(43)28-12-11-27(46-28)29(35)36/h9-12,15-16,21,23,29,38H,8,13-14,18-20H2,1-7H3,(H,39,40,43)/b24-16+/t21-,23+/m0/s1. The Hall–Kier alpha value is -3.66. The molecule has 4 rings (SSSR count). The van der Waals surface area contributed by atoms with Gasteiger partial charge < -0.3 is 19.5 Å². The van der Waals surface area contributed by atoms with Crippen LogP contribution in [0.5, 0.6) is 0 Å². The lowest BCUT2D eigenvalue weighted by Crippen LogP contribution is -2.37. The summed E-state index contributed by atoms with van der Waals surface area (Å²) in [6, 6.07) is 10.9. The largest absolute Gasteiger partial charge is 0.372 e. The van der Waals surface area contributed by atoms with Gasteiger partial charge in [0.15, 0.2) is 0 Å². The maximum absolute atomic E-state index is 13.3. The fourth-order valence-corrected chi connectivity index (χ4v) is 6.15. The second kappa shape index (κ2) is 14.4. The minimum absolute atomic E-state index is 0.0259. The van der Waals surface area contributed by atoms with Gasteiger partial charge in [-0.3, -0.25) is 14.9 Å². The van der Waals surface area contributed by atoms with Crippen molar-refractivity contribution in [1.82, 2.24) is 19.8 Å². The second-order valence-corrected chi connectivity index (χ2v) is 14.5. The highest BCUT2D eigenvalue weighted by Gasteiger charge is 2.31. The fraction of sp³-hybridized carbons (Fsp3) is 0.529. The van der Waals surface area contributed by atoms with Crippen LogP contribution < -0.4 is 10.6 Å². The van der Waals surface area contributed by atoms with Crippen molar-refractivity contribution in [3.05, 3.63) is 57.3 Å². The van der Waals surface area contributed by atoms with Gasteiger partial charge >= 0.3 is 0 Å². The van der Waals surface area contributed by atoms with Crippen molar-refractivity contribution in [2.45, 2.75) is 86.0 Å². The number of carbonyl (C=O) groups is 2. The molecule has 0 saturated carbocycles. The van der Waals surface area contributed by atoms with Crippen molar-refractivity contribution in [3.63, 3.8) is 0 Å². The molecule has 3 aromatic rings. The molecule has 1 saturated heterocycles. The number of imidazole rings is 1. The van der Waals surface area contributed by atoms with Gasteiger partial charge in [-0.15, -0.1) is 11.3 Å². The molecule has 0 aliphatic carbocycles. The quantitative estimate of drug-likeness (QED) is 0.162. The number of hydrogen-bond acceptors (Lipinski definition) is 7. The number of ether oxygens (including phenoxy) is 1. The maximum Gasteiger partial charge on any atom is 0.272 e. The highest BCUT2D eigenvalue weighted by atomic mass is 32.1. The average molecular weight is 655 g/mol. The number of likely N-dealkylation sites (tertiary alicyclic amines) is 1. The van der Waals surface area contributed by atoms with Gasteiger partial charge in [-0.2, -0.15) is 5.26 Å². The zero-order valence-corrected chi connectivity index (χ0v) is 28.4. The molecule has 2 aromatic heterocycles. The summed E-state index contributed by atoms with van der Waals surface area (Å²) in [5.41, 5.74) is 1.92. The summed E-state index contributed by atoms with van der Waals surface area (Å²) < 4.78 is 34.0. The molecule has 0 bridgehead atoms. The summed E-state index contributed by atoms with van der Waals surface area (Å²) >= 11 is 0.751. The lowest BCUT2D eigenvalue weighted by molar-refractivity contribution is -0.126. The molecule has 2 atom stereocenters. The Kier molecular flexibility index (Phi) is 11.0. The fourth-order valence-electron chi connectivity index (χ4n) is 5.40. The molecular formula is C34H44F2N6O3S. The number of alkyl halides is 2. The molecule has 2 N–H and O–H groups in total. The van der Waals surface area contributed by atoms with E-state index in [1.807, 2.05) is 49.6 Å². The van der Waals surface area contributed by atoms with Crippen LogP contribution in [0.15, 0.2) is 42.0 Å². The van der Waals surface area contributed by atoms with Crippen LogP contribution in [0.2, 0.25) is 0 Å². The number of fused-ring (bicyclic) bond motifs is 1. The van der Waals surface area contributed by atoms with E-state index in [1.54, 1.807) is 11.0 Å². The third-order valence-electron chi connectivity index (χ3n) is 8.39. The van der Waals surface area contributed by atoms with Crippen LogP contribution in [-0.4, -0.2) is 57.6 Å². The molecular weight excluding hydrogens is 610 g/mol. The lowest BCUT2D eigenvalue weighted by atomic mass is 9.88. The third-order valence-corrected chi connectivity index (χ3v) is 9.48. The first-order valence-electron chi connectivity index (χ1n) is 15.6. The van der Waals surface area contributed by atoms with Crippen LogP contribution in [0, 0.1) is 22.7 Å². The monoisotopic (exact) mass is 654 g/mol. The van der Waals surface area contributed by atoms with Crippen LogP contribution in [0.4, 0.5) is 14.7 Å². The van der Waals surface area contributed by atoms with Crippen LogP contribution in [0.3, 0.4) is 0 Å². The number of nitrogens with one attached hydrogen (secondary N) is 2. The Bertz CT molecular complexity index is 1630. The third kappa shape index (κ3) is 8.57. The van der Waals surface area contributed by atoms with Crippen molar-refractivity contribution < 1.29 is 23.1 Å². The molecule has 1 fully saturated rings. The number of benzene rings is 1. The number of amides is 2. The Balaban J connectivity index is 1.58. The van der Waals surface area contributed by atoms with Gasteiger partial charge in [0.1, 0.15) is 11.6 Å². The van der Waals surface area contributed by atoms with Crippen molar-refractivity contribution in [2.75, 3.05) is 25.0 Å². The summed E-state index contributed by atoms with van der Waals surface area (Å²) in [5, 5.41) is 16.1. The Labute approximate surface area is 273 Å². The maximum atomic E-state index is 13.3. The van der Waals surface area contributed by atoms with Crippen LogP contribution >= 0.6 is 11.3 Å². The smallest absolute Gasteiger partial charge is 0.272 e. The minimum atomic E-state index is -2.65. The van der Waals surface area contributed by atoms with Crippen molar-refractivity contribution in [1.29, 1.82) is 5.26 Å². The Morgan fingerprint density at radius 3 is 2.59 bits per heavy atom. The number of nitriles is 1. The summed E-state index contributed by atoms with van der Waals surface area (Å²) in [5.74, 6) is -0.520. The van der Waals surface area contributed by atoms with E-state index in [1.165, 1.54) is 12.1 Å². The number of anilines is 1. The highest BCUT2D eigenvalue weighted by molar-refractivity contribution is 7.14. The number of rotatable bonds is 12. The molecule has 3 heterocycles. The van der Waals surface area contributed by atoms with E-state index in [0.29, 0.717) is 50.7 Å². The number of aromatic nitrogens is 2. The van der Waals surface area contributed by atoms with E-state index in [9.17, 15) is 23.6 Å². The molecule has 0 unspecified atom stereocenters.